The van der Waals surface area contributed by atoms with Crippen molar-refractivity contribution in [2.45, 2.75) is 65.1 Å². The molecule has 1 fully saturated rings. The maximum Gasteiger partial charge on any atom is 0.494 e. The molecule has 0 radical (unpaired) electrons. The predicted molar refractivity (Wildman–Crippen MR) is 88.6 cm³/mol. The van der Waals surface area contributed by atoms with Crippen LogP contribution in [0.15, 0.2) is 24.3 Å². The zero-order chi connectivity index (χ0) is 15.5. The highest BCUT2D eigenvalue weighted by molar-refractivity contribution is 6.62. The van der Waals surface area contributed by atoms with E-state index >= 15 is 0 Å². The fourth-order valence-electron chi connectivity index (χ4n) is 2.13. The first-order valence-electron chi connectivity index (χ1n) is 7.80. The molecule has 2 nitrogen and oxygen atoms in total. The van der Waals surface area contributed by atoms with Crippen molar-refractivity contribution in [3.63, 3.8) is 0 Å². The molecule has 1 aliphatic rings. The molecule has 0 spiro atoms. The SMILES string of the molecule is CCCCC#Cc1ccc(B2OC(C)(C)C(C)(C)O2)cc1. The zero-order valence-electron chi connectivity index (χ0n) is 13.8. The monoisotopic (exact) mass is 284 g/mol. The Hall–Kier alpha value is -1.24. The zero-order valence-corrected chi connectivity index (χ0v) is 13.8. The summed E-state index contributed by atoms with van der Waals surface area (Å²) >= 11 is 0. The molecular formula is C18H25BO2. The van der Waals surface area contributed by atoms with Crippen molar-refractivity contribution >= 4 is 12.6 Å². The summed E-state index contributed by atoms with van der Waals surface area (Å²) in [5.41, 5.74) is 1.51. The van der Waals surface area contributed by atoms with E-state index in [1.807, 2.05) is 24.3 Å². The Morgan fingerprint density at radius 3 is 2.10 bits per heavy atom. The Kier molecular flexibility index (Phi) is 4.81. The minimum atomic E-state index is -0.295. The van der Waals surface area contributed by atoms with E-state index in [1.165, 1.54) is 12.8 Å². The van der Waals surface area contributed by atoms with Crippen molar-refractivity contribution < 1.29 is 9.31 Å². The maximum absolute atomic E-state index is 6.04. The third-order valence-electron chi connectivity index (χ3n) is 4.32. The van der Waals surface area contributed by atoms with Gasteiger partial charge in [0, 0.05) is 12.0 Å². The third kappa shape index (κ3) is 3.70. The van der Waals surface area contributed by atoms with Crippen LogP contribution in [0.2, 0.25) is 0 Å². The van der Waals surface area contributed by atoms with Gasteiger partial charge < -0.3 is 9.31 Å². The first-order valence-corrected chi connectivity index (χ1v) is 7.80. The fourth-order valence-corrected chi connectivity index (χ4v) is 2.13. The summed E-state index contributed by atoms with van der Waals surface area (Å²) in [7, 11) is -0.294. The largest absolute Gasteiger partial charge is 0.494 e. The molecular weight excluding hydrogens is 259 g/mol. The van der Waals surface area contributed by atoms with E-state index in [1.54, 1.807) is 0 Å². The van der Waals surface area contributed by atoms with Crippen molar-refractivity contribution in [1.29, 1.82) is 0 Å². The van der Waals surface area contributed by atoms with Crippen molar-refractivity contribution in [3.8, 4) is 11.8 Å². The standard InChI is InChI=1S/C18H25BO2/c1-6-7-8-9-10-15-11-13-16(14-12-15)19-20-17(2,3)18(4,5)21-19/h11-14H,6-8H2,1-5H3. The molecule has 1 saturated heterocycles. The molecule has 1 aromatic rings. The van der Waals surface area contributed by atoms with Crippen LogP contribution in [0.3, 0.4) is 0 Å². The Bertz CT molecular complexity index is 519. The molecule has 1 aromatic carbocycles. The van der Waals surface area contributed by atoms with Gasteiger partial charge in [-0.1, -0.05) is 37.3 Å². The third-order valence-corrected chi connectivity index (χ3v) is 4.32. The number of benzene rings is 1. The van der Waals surface area contributed by atoms with Gasteiger partial charge in [0.25, 0.3) is 0 Å². The summed E-state index contributed by atoms with van der Waals surface area (Å²) in [5, 5.41) is 0. The second kappa shape index (κ2) is 6.26. The summed E-state index contributed by atoms with van der Waals surface area (Å²) in [6, 6.07) is 8.18. The number of hydrogen-bond donors (Lipinski definition) is 0. The predicted octanol–water partition coefficient (Wildman–Crippen LogP) is 3.53. The average Bonchev–Trinajstić information content (AvgIpc) is 2.64. The van der Waals surface area contributed by atoms with Gasteiger partial charge in [0.2, 0.25) is 0 Å². The first kappa shape index (κ1) is 16.1. The van der Waals surface area contributed by atoms with Gasteiger partial charge in [-0.25, -0.2) is 0 Å². The lowest BCUT2D eigenvalue weighted by molar-refractivity contribution is 0.00578. The van der Waals surface area contributed by atoms with Crippen LogP contribution >= 0.6 is 0 Å². The van der Waals surface area contributed by atoms with Crippen molar-refractivity contribution in [3.05, 3.63) is 29.8 Å². The summed E-state index contributed by atoms with van der Waals surface area (Å²) in [5.74, 6) is 6.40. The summed E-state index contributed by atoms with van der Waals surface area (Å²) < 4.78 is 12.1. The number of hydrogen-bond acceptors (Lipinski definition) is 2. The molecule has 21 heavy (non-hydrogen) atoms. The van der Waals surface area contributed by atoms with Gasteiger partial charge in [-0.15, -0.1) is 0 Å². The van der Waals surface area contributed by atoms with E-state index in [0.29, 0.717) is 0 Å². The van der Waals surface area contributed by atoms with Gasteiger partial charge >= 0.3 is 7.12 Å². The lowest BCUT2D eigenvalue weighted by Crippen LogP contribution is -2.41. The minimum absolute atomic E-state index is 0.294. The van der Waals surface area contributed by atoms with Crippen LogP contribution in [0, 0.1) is 11.8 Å². The molecule has 0 unspecified atom stereocenters. The maximum atomic E-state index is 6.04. The van der Waals surface area contributed by atoms with Gasteiger partial charge in [-0.05, 0) is 51.7 Å². The smallest absolute Gasteiger partial charge is 0.399 e. The average molecular weight is 284 g/mol. The summed E-state index contributed by atoms with van der Waals surface area (Å²) in [6.45, 7) is 10.5. The van der Waals surface area contributed by atoms with E-state index < -0.39 is 0 Å². The first-order chi connectivity index (χ1) is 9.86. The summed E-state index contributed by atoms with van der Waals surface area (Å²) in [4.78, 5) is 0. The normalized spacial score (nSPS) is 19.2. The van der Waals surface area contributed by atoms with E-state index in [-0.39, 0.29) is 18.3 Å². The minimum Gasteiger partial charge on any atom is -0.399 e. The lowest BCUT2D eigenvalue weighted by atomic mass is 9.79. The van der Waals surface area contributed by atoms with Crippen molar-refractivity contribution in [2.75, 3.05) is 0 Å². The van der Waals surface area contributed by atoms with Crippen LogP contribution in [-0.4, -0.2) is 18.3 Å². The molecule has 0 amide bonds. The molecule has 0 bridgehead atoms. The van der Waals surface area contributed by atoms with Crippen LogP contribution in [0.5, 0.6) is 0 Å². The second-order valence-corrected chi connectivity index (χ2v) is 6.62. The van der Waals surface area contributed by atoms with Crippen LogP contribution in [-0.2, 0) is 9.31 Å². The molecule has 0 N–H and O–H groups in total. The Balaban J connectivity index is 2.05. The molecule has 2 rings (SSSR count). The highest BCUT2D eigenvalue weighted by Gasteiger charge is 2.51. The van der Waals surface area contributed by atoms with Gasteiger partial charge in [0.05, 0.1) is 11.2 Å². The van der Waals surface area contributed by atoms with Gasteiger partial charge in [0.1, 0.15) is 0 Å². The molecule has 1 heterocycles. The summed E-state index contributed by atoms with van der Waals surface area (Å²) in [6.07, 6.45) is 3.32. The van der Waals surface area contributed by atoms with E-state index in [2.05, 4.69) is 46.5 Å². The molecule has 1 aliphatic heterocycles. The van der Waals surface area contributed by atoms with Crippen LogP contribution in [0.25, 0.3) is 0 Å². The topological polar surface area (TPSA) is 18.5 Å². The number of unbranched alkanes of at least 4 members (excludes halogenated alkanes) is 2. The Labute approximate surface area is 129 Å². The molecule has 0 atom stereocenters. The van der Waals surface area contributed by atoms with Crippen molar-refractivity contribution in [1.82, 2.24) is 0 Å². The van der Waals surface area contributed by atoms with Gasteiger partial charge in [-0.2, -0.15) is 0 Å². The lowest BCUT2D eigenvalue weighted by Gasteiger charge is -2.32. The molecule has 112 valence electrons. The van der Waals surface area contributed by atoms with E-state index in [9.17, 15) is 0 Å². The van der Waals surface area contributed by atoms with E-state index in [0.717, 1.165) is 17.4 Å². The molecule has 0 aliphatic carbocycles. The number of rotatable bonds is 3. The van der Waals surface area contributed by atoms with Crippen LogP contribution in [0.4, 0.5) is 0 Å². The molecule has 0 saturated carbocycles. The molecule has 0 aromatic heterocycles. The van der Waals surface area contributed by atoms with Gasteiger partial charge in [0.15, 0.2) is 0 Å². The van der Waals surface area contributed by atoms with Crippen LogP contribution in [0.1, 0.15) is 59.4 Å². The highest BCUT2D eigenvalue weighted by atomic mass is 16.7. The molecule has 3 heteroatoms. The van der Waals surface area contributed by atoms with E-state index in [4.69, 9.17) is 9.31 Å². The van der Waals surface area contributed by atoms with Gasteiger partial charge in [-0.3, -0.25) is 0 Å². The fraction of sp³-hybridized carbons (Fsp3) is 0.556. The Morgan fingerprint density at radius 2 is 1.57 bits per heavy atom. The van der Waals surface area contributed by atoms with Crippen molar-refractivity contribution in [2.24, 2.45) is 0 Å². The Morgan fingerprint density at radius 1 is 1.00 bits per heavy atom. The highest BCUT2D eigenvalue weighted by Crippen LogP contribution is 2.36. The second-order valence-electron chi connectivity index (χ2n) is 6.62. The van der Waals surface area contributed by atoms with Crippen LogP contribution < -0.4 is 5.46 Å². The quantitative estimate of drug-likeness (QED) is 0.480.